The van der Waals surface area contributed by atoms with Crippen molar-refractivity contribution in [3.63, 3.8) is 0 Å². The molecule has 2 aromatic rings. The zero-order valence-corrected chi connectivity index (χ0v) is 11.4. The molecule has 0 aliphatic heterocycles. The second-order valence-corrected chi connectivity index (χ2v) is 5.45. The fraction of sp³-hybridized carbons (Fsp3) is 0.385. The standard InChI is InChI=1S/C13H13F4NOS/c1-7(13(15,16)17)19-6-8-11(5-18)20-10-4-2-3-9(14)12(8)10/h2-4,7H,5-6,18H2,1H3. The first-order valence-electron chi connectivity index (χ1n) is 5.91. The van der Waals surface area contributed by atoms with Gasteiger partial charge in [-0.2, -0.15) is 13.2 Å². The molecule has 2 N–H and O–H groups in total. The highest BCUT2D eigenvalue weighted by atomic mass is 32.1. The van der Waals surface area contributed by atoms with E-state index in [-0.39, 0.29) is 13.2 Å². The fourth-order valence-electron chi connectivity index (χ4n) is 1.84. The van der Waals surface area contributed by atoms with E-state index in [4.69, 9.17) is 10.5 Å². The molecular formula is C13H13F4NOS. The van der Waals surface area contributed by atoms with Gasteiger partial charge in [0.15, 0.2) is 6.10 Å². The fourth-order valence-corrected chi connectivity index (χ4v) is 2.94. The van der Waals surface area contributed by atoms with Crippen LogP contribution < -0.4 is 5.73 Å². The summed E-state index contributed by atoms with van der Waals surface area (Å²) in [5.41, 5.74) is 5.97. The first-order chi connectivity index (χ1) is 9.34. The second kappa shape index (κ2) is 5.67. The highest BCUT2D eigenvalue weighted by molar-refractivity contribution is 7.19. The molecule has 0 bridgehead atoms. The van der Waals surface area contributed by atoms with Gasteiger partial charge in [-0.15, -0.1) is 11.3 Å². The van der Waals surface area contributed by atoms with Crippen LogP contribution in [0.1, 0.15) is 17.4 Å². The first-order valence-corrected chi connectivity index (χ1v) is 6.73. The van der Waals surface area contributed by atoms with Crippen LogP contribution in [0.3, 0.4) is 0 Å². The van der Waals surface area contributed by atoms with Crippen LogP contribution in [0.5, 0.6) is 0 Å². The molecule has 110 valence electrons. The van der Waals surface area contributed by atoms with Crippen molar-refractivity contribution in [3.05, 3.63) is 34.5 Å². The lowest BCUT2D eigenvalue weighted by Crippen LogP contribution is -2.28. The molecule has 0 spiro atoms. The lowest BCUT2D eigenvalue weighted by Gasteiger charge is -2.16. The van der Waals surface area contributed by atoms with Crippen molar-refractivity contribution >= 4 is 21.4 Å². The van der Waals surface area contributed by atoms with E-state index in [1.165, 1.54) is 17.4 Å². The Labute approximate surface area is 117 Å². The molecule has 0 radical (unpaired) electrons. The summed E-state index contributed by atoms with van der Waals surface area (Å²) in [7, 11) is 0. The smallest absolute Gasteiger partial charge is 0.364 e. The summed E-state index contributed by atoms with van der Waals surface area (Å²) in [6, 6.07) is 4.53. The summed E-state index contributed by atoms with van der Waals surface area (Å²) in [5.74, 6) is -0.475. The van der Waals surface area contributed by atoms with Crippen molar-refractivity contribution in [1.82, 2.24) is 0 Å². The number of hydrogen-bond acceptors (Lipinski definition) is 3. The number of halogens is 4. The molecule has 0 saturated heterocycles. The minimum Gasteiger partial charge on any atom is -0.364 e. The quantitative estimate of drug-likeness (QED) is 0.868. The molecule has 1 unspecified atom stereocenters. The molecule has 0 aliphatic rings. The lowest BCUT2D eigenvalue weighted by molar-refractivity contribution is -0.217. The Kier molecular flexibility index (Phi) is 4.31. The number of rotatable bonds is 4. The maximum Gasteiger partial charge on any atom is 0.414 e. The Morgan fingerprint density at radius 1 is 1.35 bits per heavy atom. The molecule has 0 saturated carbocycles. The maximum atomic E-state index is 13.8. The molecule has 1 aromatic heterocycles. The van der Waals surface area contributed by atoms with E-state index in [0.29, 0.717) is 20.5 Å². The Morgan fingerprint density at radius 3 is 2.65 bits per heavy atom. The van der Waals surface area contributed by atoms with E-state index >= 15 is 0 Å². The third-order valence-corrected chi connectivity index (χ3v) is 4.19. The topological polar surface area (TPSA) is 35.2 Å². The maximum absolute atomic E-state index is 13.8. The van der Waals surface area contributed by atoms with Crippen molar-refractivity contribution in [3.8, 4) is 0 Å². The summed E-state index contributed by atoms with van der Waals surface area (Å²) in [6.45, 7) is 0.749. The number of nitrogens with two attached hydrogens (primary N) is 1. The van der Waals surface area contributed by atoms with Crippen LogP contribution in [-0.2, 0) is 17.9 Å². The van der Waals surface area contributed by atoms with E-state index in [9.17, 15) is 17.6 Å². The number of fused-ring (bicyclic) bond motifs is 1. The van der Waals surface area contributed by atoms with Crippen molar-refractivity contribution in [2.75, 3.05) is 0 Å². The monoisotopic (exact) mass is 307 g/mol. The summed E-state index contributed by atoms with van der Waals surface area (Å²) < 4.78 is 56.6. The number of alkyl halides is 3. The molecule has 0 fully saturated rings. The van der Waals surface area contributed by atoms with E-state index in [2.05, 4.69) is 0 Å². The van der Waals surface area contributed by atoms with Gasteiger partial charge in [-0.1, -0.05) is 6.07 Å². The molecule has 1 aromatic carbocycles. The number of benzene rings is 1. The Hall–Kier alpha value is -1.18. The van der Waals surface area contributed by atoms with Gasteiger partial charge in [0.25, 0.3) is 0 Å². The van der Waals surface area contributed by atoms with Gasteiger partial charge in [-0.3, -0.25) is 0 Å². The van der Waals surface area contributed by atoms with Crippen LogP contribution >= 0.6 is 11.3 Å². The number of ether oxygens (including phenoxy) is 1. The van der Waals surface area contributed by atoms with Crippen LogP contribution in [0.15, 0.2) is 18.2 Å². The third kappa shape index (κ3) is 2.94. The minimum absolute atomic E-state index is 0.137. The van der Waals surface area contributed by atoms with Crippen LogP contribution in [0.25, 0.3) is 10.1 Å². The molecule has 1 atom stereocenters. The number of thiophene rings is 1. The van der Waals surface area contributed by atoms with Gasteiger partial charge in [0.1, 0.15) is 5.82 Å². The molecule has 0 aliphatic carbocycles. The molecule has 1 heterocycles. The van der Waals surface area contributed by atoms with E-state index in [1.807, 2.05) is 0 Å². The van der Waals surface area contributed by atoms with Crippen LogP contribution in [0.4, 0.5) is 17.6 Å². The predicted molar refractivity (Wildman–Crippen MR) is 70.0 cm³/mol. The van der Waals surface area contributed by atoms with Gasteiger partial charge >= 0.3 is 6.18 Å². The predicted octanol–water partition coefficient (Wildman–Crippen LogP) is 3.97. The van der Waals surface area contributed by atoms with Crippen molar-refractivity contribution in [2.24, 2.45) is 5.73 Å². The largest absolute Gasteiger partial charge is 0.414 e. The average Bonchev–Trinajstić information content (AvgIpc) is 2.74. The van der Waals surface area contributed by atoms with E-state index in [0.717, 1.165) is 6.92 Å². The second-order valence-electron chi connectivity index (χ2n) is 4.32. The van der Waals surface area contributed by atoms with Gasteiger partial charge in [-0.05, 0) is 19.1 Å². The zero-order chi connectivity index (χ0) is 14.9. The molecule has 20 heavy (non-hydrogen) atoms. The highest BCUT2D eigenvalue weighted by Crippen LogP contribution is 2.34. The van der Waals surface area contributed by atoms with Crippen molar-refractivity contribution < 1.29 is 22.3 Å². The van der Waals surface area contributed by atoms with Crippen LogP contribution in [0, 0.1) is 5.82 Å². The van der Waals surface area contributed by atoms with Crippen LogP contribution in [0.2, 0.25) is 0 Å². The molecule has 7 heteroatoms. The SMILES string of the molecule is CC(OCc1c(CN)sc2cccc(F)c12)C(F)(F)F. The van der Waals surface area contributed by atoms with Crippen molar-refractivity contribution in [1.29, 1.82) is 0 Å². The zero-order valence-electron chi connectivity index (χ0n) is 10.6. The normalized spacial score (nSPS) is 13.9. The lowest BCUT2D eigenvalue weighted by atomic mass is 10.1. The Morgan fingerprint density at radius 2 is 2.05 bits per heavy atom. The summed E-state index contributed by atoms with van der Waals surface area (Å²) in [6.07, 6.45) is -6.34. The summed E-state index contributed by atoms with van der Waals surface area (Å²) in [4.78, 5) is 0.638. The number of hydrogen-bond donors (Lipinski definition) is 1. The van der Waals surface area contributed by atoms with Crippen molar-refractivity contribution in [2.45, 2.75) is 32.4 Å². The Balaban J connectivity index is 2.33. The summed E-state index contributed by atoms with van der Waals surface area (Å²) in [5, 5.41) is 0.298. The summed E-state index contributed by atoms with van der Waals surface area (Å²) >= 11 is 1.27. The molecule has 2 rings (SSSR count). The average molecular weight is 307 g/mol. The van der Waals surface area contributed by atoms with E-state index < -0.39 is 18.1 Å². The molecule has 0 amide bonds. The van der Waals surface area contributed by atoms with Gasteiger partial charge in [0.05, 0.1) is 6.61 Å². The van der Waals surface area contributed by atoms with Gasteiger partial charge in [0, 0.05) is 27.1 Å². The molecule has 2 nitrogen and oxygen atoms in total. The third-order valence-electron chi connectivity index (χ3n) is 2.97. The van der Waals surface area contributed by atoms with Gasteiger partial charge in [0.2, 0.25) is 0 Å². The molecular weight excluding hydrogens is 294 g/mol. The van der Waals surface area contributed by atoms with E-state index in [1.54, 1.807) is 12.1 Å². The minimum atomic E-state index is -4.44. The van der Waals surface area contributed by atoms with Crippen LogP contribution in [-0.4, -0.2) is 12.3 Å². The highest BCUT2D eigenvalue weighted by Gasteiger charge is 2.37. The van der Waals surface area contributed by atoms with Gasteiger partial charge < -0.3 is 10.5 Å². The first kappa shape index (κ1) is 15.2. The van der Waals surface area contributed by atoms with Gasteiger partial charge in [-0.25, -0.2) is 4.39 Å². The Bertz CT molecular complexity index is 608.